The molecule has 3 aromatic rings. The monoisotopic (exact) mass is 566 g/mol. The number of carbonyl (C=O) groups is 2. The van der Waals surface area contributed by atoms with Gasteiger partial charge in [-0.15, -0.1) is 11.3 Å². The first-order chi connectivity index (χ1) is 19.1. The molecule has 1 amide bonds. The lowest BCUT2D eigenvalue weighted by Crippen LogP contribution is -2.45. The number of hydrogen-bond donors (Lipinski definition) is 2. The van der Waals surface area contributed by atoms with Gasteiger partial charge in [-0.05, 0) is 63.0 Å². The van der Waals surface area contributed by atoms with Crippen molar-refractivity contribution in [3.63, 3.8) is 0 Å². The zero-order valence-electron chi connectivity index (χ0n) is 23.6. The van der Waals surface area contributed by atoms with Gasteiger partial charge in [-0.25, -0.2) is 14.8 Å². The Bertz CT molecular complexity index is 1440. The van der Waals surface area contributed by atoms with Gasteiger partial charge in [-0.3, -0.25) is 14.0 Å². The molecule has 0 spiro atoms. The van der Waals surface area contributed by atoms with E-state index in [-0.39, 0.29) is 22.9 Å². The van der Waals surface area contributed by atoms with Gasteiger partial charge in [0.1, 0.15) is 11.5 Å². The van der Waals surface area contributed by atoms with Crippen molar-refractivity contribution in [2.24, 2.45) is 5.92 Å². The summed E-state index contributed by atoms with van der Waals surface area (Å²) >= 11 is 1.66. The smallest absolute Gasteiger partial charge is 0.328 e. The molecule has 1 saturated heterocycles. The van der Waals surface area contributed by atoms with E-state index >= 15 is 0 Å². The minimum Gasteiger partial charge on any atom is -0.478 e. The first-order valence-electron chi connectivity index (χ1n) is 13.7. The predicted molar refractivity (Wildman–Crippen MR) is 158 cm³/mol. The van der Waals surface area contributed by atoms with Crippen molar-refractivity contribution in [3.8, 4) is 0 Å². The molecule has 0 aliphatic carbocycles. The number of aliphatic carboxylic acids is 1. The number of hydrogen-bond acceptors (Lipinski definition) is 8. The van der Waals surface area contributed by atoms with Crippen LogP contribution in [0.1, 0.15) is 54.4 Å². The lowest BCUT2D eigenvalue weighted by Gasteiger charge is -2.33. The molecular weight excluding hydrogens is 528 g/mol. The summed E-state index contributed by atoms with van der Waals surface area (Å²) in [5.41, 5.74) is 2.48. The number of rotatable bonds is 11. The standard InChI is InChI=1S/C29H38N6O4S/c1-19(2)23-18-40-25(31-23)9-7-20-11-14-35-24(16-20)32-27(22(29(35)39)8-10-26(36)37)34-13-5-6-21(17-34)28(38)30-12-15-33(3)4/h8,10-11,14,16,18-19,21H,5-7,9,12-13,15,17H2,1-4H3,(H,30,38)(H,36,37)/b10-8+. The molecule has 10 nitrogen and oxygen atoms in total. The van der Waals surface area contributed by atoms with E-state index in [1.807, 2.05) is 36.0 Å². The number of aryl methyl sites for hydroxylation is 2. The number of piperidine rings is 1. The number of nitrogens with zero attached hydrogens (tertiary/aromatic N) is 5. The Morgan fingerprint density at radius 3 is 2.77 bits per heavy atom. The number of pyridine rings is 1. The van der Waals surface area contributed by atoms with Crippen molar-refractivity contribution in [3.05, 3.63) is 62.0 Å². The number of carbonyl (C=O) groups excluding carboxylic acids is 1. The lowest BCUT2D eigenvalue weighted by atomic mass is 9.96. The van der Waals surface area contributed by atoms with Crippen LogP contribution < -0.4 is 15.8 Å². The summed E-state index contributed by atoms with van der Waals surface area (Å²) in [4.78, 5) is 51.2. The Balaban J connectivity index is 1.62. The van der Waals surface area contributed by atoms with E-state index in [1.54, 1.807) is 17.5 Å². The number of amides is 1. The van der Waals surface area contributed by atoms with Crippen molar-refractivity contribution < 1.29 is 14.7 Å². The van der Waals surface area contributed by atoms with Gasteiger partial charge >= 0.3 is 5.97 Å². The molecule has 1 aliphatic heterocycles. The van der Waals surface area contributed by atoms with Crippen LogP contribution in [-0.2, 0) is 22.4 Å². The number of thiazole rings is 1. The van der Waals surface area contributed by atoms with E-state index in [1.165, 1.54) is 10.5 Å². The van der Waals surface area contributed by atoms with Crippen LogP contribution in [0.2, 0.25) is 0 Å². The Kier molecular flexibility index (Phi) is 9.70. The quantitative estimate of drug-likeness (QED) is 0.340. The van der Waals surface area contributed by atoms with Crippen molar-refractivity contribution in [2.75, 3.05) is 45.2 Å². The first kappa shape index (κ1) is 29.4. The SMILES string of the molecule is CC(C)c1csc(CCc2ccn3c(=O)c(/C=C/C(=O)O)c(N4CCCC(C(=O)NCCN(C)C)C4)nc3c2)n1. The molecule has 1 fully saturated rings. The van der Waals surface area contributed by atoms with Crippen molar-refractivity contribution in [1.82, 2.24) is 24.6 Å². The topological polar surface area (TPSA) is 120 Å². The maximum absolute atomic E-state index is 13.5. The van der Waals surface area contributed by atoms with Gasteiger partial charge in [-0.2, -0.15) is 0 Å². The van der Waals surface area contributed by atoms with E-state index in [9.17, 15) is 19.5 Å². The van der Waals surface area contributed by atoms with E-state index in [0.29, 0.717) is 37.0 Å². The summed E-state index contributed by atoms with van der Waals surface area (Å²) in [6, 6.07) is 3.80. The highest BCUT2D eigenvalue weighted by Crippen LogP contribution is 2.26. The average Bonchev–Trinajstić information content (AvgIpc) is 3.40. The molecule has 40 heavy (non-hydrogen) atoms. The fourth-order valence-electron chi connectivity index (χ4n) is 4.77. The normalized spacial score (nSPS) is 15.9. The van der Waals surface area contributed by atoms with Crippen molar-refractivity contribution >= 4 is 40.8 Å². The molecule has 2 N–H and O–H groups in total. The van der Waals surface area contributed by atoms with Crippen LogP contribution in [0.25, 0.3) is 11.7 Å². The summed E-state index contributed by atoms with van der Waals surface area (Å²) in [5, 5.41) is 15.4. The number of carboxylic acids is 1. The summed E-state index contributed by atoms with van der Waals surface area (Å²) in [5.74, 6) is -0.606. The van der Waals surface area contributed by atoms with Crippen molar-refractivity contribution in [2.45, 2.75) is 45.4 Å². The number of carboxylic acid groups (broad SMARTS) is 1. The molecule has 11 heteroatoms. The molecule has 0 radical (unpaired) electrons. The first-order valence-corrected chi connectivity index (χ1v) is 14.6. The Labute approximate surface area is 238 Å². The van der Waals surface area contributed by atoms with Crippen LogP contribution in [0.5, 0.6) is 0 Å². The van der Waals surface area contributed by atoms with Gasteiger partial charge in [0, 0.05) is 50.3 Å². The highest BCUT2D eigenvalue weighted by atomic mass is 32.1. The summed E-state index contributed by atoms with van der Waals surface area (Å²) in [6.45, 7) is 6.61. The number of likely N-dealkylation sites (N-methyl/N-ethyl adjacent to an activating group) is 1. The van der Waals surface area contributed by atoms with E-state index in [0.717, 1.165) is 54.6 Å². The van der Waals surface area contributed by atoms with Gasteiger partial charge in [-0.1, -0.05) is 13.8 Å². The van der Waals surface area contributed by atoms with Crippen LogP contribution in [0.4, 0.5) is 5.82 Å². The van der Waals surface area contributed by atoms with Crippen LogP contribution in [0.3, 0.4) is 0 Å². The molecule has 4 heterocycles. The van der Waals surface area contributed by atoms with Crippen molar-refractivity contribution in [1.29, 1.82) is 0 Å². The molecule has 1 unspecified atom stereocenters. The van der Waals surface area contributed by atoms with Crippen LogP contribution in [0, 0.1) is 5.92 Å². The van der Waals surface area contributed by atoms with Gasteiger partial charge in [0.25, 0.3) is 5.56 Å². The summed E-state index contributed by atoms with van der Waals surface area (Å²) < 4.78 is 1.45. The molecule has 0 bridgehead atoms. The zero-order valence-corrected chi connectivity index (χ0v) is 24.4. The molecule has 3 aromatic heterocycles. The number of fused-ring (bicyclic) bond motifs is 1. The second-order valence-corrected chi connectivity index (χ2v) is 11.7. The summed E-state index contributed by atoms with van der Waals surface area (Å²) in [6.07, 6.45) is 7.02. The third kappa shape index (κ3) is 7.33. The minimum absolute atomic E-state index is 0.0169. The molecular formula is C29H38N6O4S. The largest absolute Gasteiger partial charge is 0.478 e. The Morgan fingerprint density at radius 1 is 1.27 bits per heavy atom. The third-order valence-corrected chi connectivity index (χ3v) is 7.97. The van der Waals surface area contributed by atoms with Gasteiger partial charge < -0.3 is 20.2 Å². The molecule has 4 rings (SSSR count). The number of anilines is 1. The third-order valence-electron chi connectivity index (χ3n) is 7.04. The zero-order chi connectivity index (χ0) is 28.8. The van der Waals surface area contributed by atoms with Gasteiger partial charge in [0.2, 0.25) is 5.91 Å². The van der Waals surface area contributed by atoms with Crippen LogP contribution in [0.15, 0.2) is 34.6 Å². The maximum Gasteiger partial charge on any atom is 0.328 e. The highest BCUT2D eigenvalue weighted by molar-refractivity contribution is 7.09. The molecule has 214 valence electrons. The number of nitrogens with one attached hydrogen (secondary N) is 1. The number of aromatic nitrogens is 3. The van der Waals surface area contributed by atoms with E-state index in [2.05, 4.69) is 24.5 Å². The second-order valence-electron chi connectivity index (χ2n) is 10.8. The lowest BCUT2D eigenvalue weighted by molar-refractivity contribution is -0.131. The second kappa shape index (κ2) is 13.2. The molecule has 0 saturated carbocycles. The van der Waals surface area contributed by atoms with Crippen LogP contribution >= 0.6 is 11.3 Å². The highest BCUT2D eigenvalue weighted by Gasteiger charge is 2.28. The Hall–Kier alpha value is -3.57. The van der Waals surface area contributed by atoms with E-state index in [4.69, 9.17) is 9.97 Å². The van der Waals surface area contributed by atoms with Gasteiger partial charge in [0.15, 0.2) is 0 Å². The fourth-order valence-corrected chi connectivity index (χ4v) is 5.73. The molecule has 1 aliphatic rings. The van der Waals surface area contributed by atoms with Crippen LogP contribution in [-0.4, -0.2) is 76.5 Å². The molecule has 1 atom stereocenters. The summed E-state index contributed by atoms with van der Waals surface area (Å²) in [7, 11) is 3.91. The minimum atomic E-state index is -1.15. The maximum atomic E-state index is 13.5. The predicted octanol–water partition coefficient (Wildman–Crippen LogP) is 3.05. The Morgan fingerprint density at radius 2 is 2.08 bits per heavy atom. The molecule has 0 aromatic carbocycles. The average molecular weight is 567 g/mol. The fraction of sp³-hybridized carbons (Fsp3) is 0.483. The van der Waals surface area contributed by atoms with Gasteiger partial charge in [0.05, 0.1) is 22.2 Å². The van der Waals surface area contributed by atoms with E-state index < -0.39 is 5.97 Å².